The molecule has 1 aliphatic heterocycles. The van der Waals surface area contributed by atoms with Crippen LogP contribution in [0.3, 0.4) is 0 Å². The first-order chi connectivity index (χ1) is 6.35. The Morgan fingerprint density at radius 3 is 2.64 bits per heavy atom. The lowest BCUT2D eigenvalue weighted by molar-refractivity contribution is -0.0248. The number of β-amino-alcohol motifs (C(OH)–C–C–N with tert-alkyl or cyclic N) is 1. The van der Waals surface area contributed by atoms with Gasteiger partial charge in [0.15, 0.2) is 0 Å². The van der Waals surface area contributed by atoms with Crippen LogP contribution in [0.2, 0.25) is 0 Å². The minimum Gasteiger partial charge on any atom is -0.389 e. The highest BCUT2D eigenvalue weighted by molar-refractivity contribution is 4.85. The van der Waals surface area contributed by atoms with Crippen LogP contribution < -0.4 is 5.73 Å². The van der Waals surface area contributed by atoms with E-state index in [4.69, 9.17) is 5.73 Å². The summed E-state index contributed by atoms with van der Waals surface area (Å²) < 4.78 is 0. The van der Waals surface area contributed by atoms with Crippen LogP contribution in [0.15, 0.2) is 0 Å². The van der Waals surface area contributed by atoms with Gasteiger partial charge in [-0.3, -0.25) is 4.90 Å². The fraction of sp³-hybridized carbons (Fsp3) is 1.00. The molecule has 0 aromatic heterocycles. The molecule has 1 saturated heterocycles. The molecule has 1 atom stereocenters. The number of hydrogen-bond donors (Lipinski definition) is 2. The molecule has 1 fully saturated rings. The van der Waals surface area contributed by atoms with Crippen molar-refractivity contribution in [3.8, 4) is 0 Å². The molecule has 0 aliphatic carbocycles. The molecule has 1 unspecified atom stereocenters. The fourth-order valence-corrected chi connectivity index (χ4v) is 2.13. The first-order valence-corrected chi connectivity index (χ1v) is 5.49. The molecule has 1 rings (SSSR count). The lowest BCUT2D eigenvalue weighted by atomic mass is 9.89. The Kier molecular flexibility index (Phi) is 3.56. The Bertz CT molecular complexity index is 190. The molecular formula is C11H24N2O. The Morgan fingerprint density at radius 1 is 1.50 bits per heavy atom. The van der Waals surface area contributed by atoms with Crippen molar-refractivity contribution in [3.63, 3.8) is 0 Å². The number of aliphatic hydroxyl groups is 1. The summed E-state index contributed by atoms with van der Waals surface area (Å²) in [6, 6.07) is 0. The van der Waals surface area contributed by atoms with E-state index < -0.39 is 5.60 Å². The van der Waals surface area contributed by atoms with Crippen molar-refractivity contribution in [3.05, 3.63) is 0 Å². The summed E-state index contributed by atoms with van der Waals surface area (Å²) in [6.07, 6.45) is 2.01. The SMILES string of the molecule is CC(C)(CN)CN1CCCC(C)(O)C1. The van der Waals surface area contributed by atoms with Gasteiger partial charge >= 0.3 is 0 Å². The van der Waals surface area contributed by atoms with Gasteiger partial charge in [0.1, 0.15) is 0 Å². The molecule has 0 saturated carbocycles. The molecule has 0 bridgehead atoms. The maximum atomic E-state index is 9.94. The molecule has 3 N–H and O–H groups in total. The van der Waals surface area contributed by atoms with E-state index in [1.165, 1.54) is 0 Å². The monoisotopic (exact) mass is 200 g/mol. The molecule has 0 radical (unpaired) electrons. The predicted octanol–water partition coefficient (Wildman–Crippen LogP) is 0.818. The Balaban J connectivity index is 2.46. The van der Waals surface area contributed by atoms with Gasteiger partial charge in [0.25, 0.3) is 0 Å². The van der Waals surface area contributed by atoms with Crippen LogP contribution in [0, 0.1) is 5.41 Å². The van der Waals surface area contributed by atoms with Crippen LogP contribution in [0.25, 0.3) is 0 Å². The Labute approximate surface area is 87.3 Å². The quantitative estimate of drug-likeness (QED) is 0.709. The van der Waals surface area contributed by atoms with Gasteiger partial charge in [-0.1, -0.05) is 13.8 Å². The van der Waals surface area contributed by atoms with E-state index in [1.807, 2.05) is 6.92 Å². The maximum Gasteiger partial charge on any atom is 0.0746 e. The molecule has 84 valence electrons. The summed E-state index contributed by atoms with van der Waals surface area (Å²) in [5.41, 5.74) is 5.36. The highest BCUT2D eigenvalue weighted by Gasteiger charge is 2.30. The summed E-state index contributed by atoms with van der Waals surface area (Å²) in [4.78, 5) is 2.33. The van der Waals surface area contributed by atoms with Crippen molar-refractivity contribution >= 4 is 0 Å². The van der Waals surface area contributed by atoms with E-state index in [0.717, 1.165) is 32.5 Å². The van der Waals surface area contributed by atoms with Crippen LogP contribution in [-0.4, -0.2) is 41.8 Å². The smallest absolute Gasteiger partial charge is 0.0746 e. The van der Waals surface area contributed by atoms with Gasteiger partial charge < -0.3 is 10.8 Å². The molecule has 14 heavy (non-hydrogen) atoms. The van der Waals surface area contributed by atoms with Crippen LogP contribution in [0.1, 0.15) is 33.6 Å². The zero-order valence-electron chi connectivity index (χ0n) is 9.71. The zero-order chi connectivity index (χ0) is 10.8. The third-order valence-electron chi connectivity index (χ3n) is 2.96. The standard InChI is InChI=1S/C11H24N2O/c1-10(2,7-12)8-13-6-4-5-11(3,14)9-13/h14H,4-9,12H2,1-3H3. The number of nitrogens with two attached hydrogens (primary N) is 1. The first-order valence-electron chi connectivity index (χ1n) is 5.49. The maximum absolute atomic E-state index is 9.94. The normalized spacial score (nSPS) is 30.6. The van der Waals surface area contributed by atoms with Crippen molar-refractivity contribution in [2.45, 2.75) is 39.2 Å². The van der Waals surface area contributed by atoms with Crippen molar-refractivity contribution in [1.82, 2.24) is 4.90 Å². The molecule has 0 aromatic rings. The van der Waals surface area contributed by atoms with Crippen molar-refractivity contribution in [1.29, 1.82) is 0 Å². The summed E-state index contributed by atoms with van der Waals surface area (Å²) in [6.45, 7) is 9.85. The lowest BCUT2D eigenvalue weighted by Crippen LogP contribution is -2.50. The van der Waals surface area contributed by atoms with E-state index >= 15 is 0 Å². The minimum atomic E-state index is -0.497. The zero-order valence-corrected chi connectivity index (χ0v) is 9.71. The van der Waals surface area contributed by atoms with Crippen LogP contribution in [-0.2, 0) is 0 Å². The number of piperidine rings is 1. The average Bonchev–Trinajstić information content (AvgIpc) is 2.01. The van der Waals surface area contributed by atoms with Crippen LogP contribution in [0.4, 0.5) is 0 Å². The molecule has 1 heterocycles. The molecule has 3 heteroatoms. The minimum absolute atomic E-state index is 0.160. The largest absolute Gasteiger partial charge is 0.389 e. The molecule has 0 aromatic carbocycles. The second kappa shape index (κ2) is 4.17. The predicted molar refractivity (Wildman–Crippen MR) is 59.1 cm³/mol. The highest BCUT2D eigenvalue weighted by Crippen LogP contribution is 2.23. The summed E-state index contributed by atoms with van der Waals surface area (Å²) in [5, 5.41) is 9.94. The Morgan fingerprint density at radius 2 is 2.14 bits per heavy atom. The number of rotatable bonds is 3. The van der Waals surface area contributed by atoms with Crippen molar-refractivity contribution in [2.75, 3.05) is 26.2 Å². The van der Waals surface area contributed by atoms with Crippen molar-refractivity contribution < 1.29 is 5.11 Å². The van der Waals surface area contributed by atoms with Gasteiger partial charge in [0.2, 0.25) is 0 Å². The van der Waals surface area contributed by atoms with Gasteiger partial charge in [0.05, 0.1) is 5.60 Å². The van der Waals surface area contributed by atoms with Gasteiger partial charge in [0, 0.05) is 13.1 Å². The lowest BCUT2D eigenvalue weighted by Gasteiger charge is -2.40. The molecule has 0 amide bonds. The average molecular weight is 200 g/mol. The van der Waals surface area contributed by atoms with Gasteiger partial charge in [-0.25, -0.2) is 0 Å². The van der Waals surface area contributed by atoms with Crippen molar-refractivity contribution in [2.24, 2.45) is 11.1 Å². The molecule has 3 nitrogen and oxygen atoms in total. The summed E-state index contributed by atoms with van der Waals surface area (Å²) in [5.74, 6) is 0. The highest BCUT2D eigenvalue weighted by atomic mass is 16.3. The number of nitrogens with zero attached hydrogens (tertiary/aromatic N) is 1. The molecule has 1 aliphatic rings. The first kappa shape index (κ1) is 12.0. The van der Waals surface area contributed by atoms with E-state index in [1.54, 1.807) is 0 Å². The van der Waals surface area contributed by atoms with Gasteiger partial charge in [-0.15, -0.1) is 0 Å². The van der Waals surface area contributed by atoms with E-state index in [-0.39, 0.29) is 5.41 Å². The third-order valence-corrected chi connectivity index (χ3v) is 2.96. The van der Waals surface area contributed by atoms with Crippen LogP contribution in [0.5, 0.6) is 0 Å². The van der Waals surface area contributed by atoms with E-state index in [9.17, 15) is 5.11 Å². The molecule has 0 spiro atoms. The number of hydrogen-bond acceptors (Lipinski definition) is 3. The third kappa shape index (κ3) is 3.56. The number of likely N-dealkylation sites (tertiary alicyclic amines) is 1. The molecular weight excluding hydrogens is 176 g/mol. The second-order valence-electron chi connectivity index (χ2n) is 5.68. The summed E-state index contributed by atoms with van der Waals surface area (Å²) >= 11 is 0. The van der Waals surface area contributed by atoms with E-state index in [2.05, 4.69) is 18.7 Å². The fourth-order valence-electron chi connectivity index (χ4n) is 2.13. The van der Waals surface area contributed by atoms with E-state index in [0.29, 0.717) is 6.54 Å². The summed E-state index contributed by atoms with van der Waals surface area (Å²) in [7, 11) is 0. The topological polar surface area (TPSA) is 49.5 Å². The second-order valence-corrected chi connectivity index (χ2v) is 5.68. The van der Waals surface area contributed by atoms with Gasteiger partial charge in [-0.05, 0) is 38.3 Å². The Hall–Kier alpha value is -0.120. The van der Waals surface area contributed by atoms with Crippen LogP contribution >= 0.6 is 0 Å². The van der Waals surface area contributed by atoms with Gasteiger partial charge in [-0.2, -0.15) is 0 Å².